The standard InChI is InChI=1S/C17H20N4O3/c22-15-3-1-12(2-4-15)16(23)13-6-9-21(10-7-13)17(24)18-11-14-5-8-19-20-14/h1-5,8,13,22H,6-7,9-11H2,(H,18,24)(H,19,20). The topological polar surface area (TPSA) is 98.3 Å². The average molecular weight is 328 g/mol. The number of phenolic OH excluding ortho intramolecular Hbond substituents is 1. The van der Waals surface area contributed by atoms with Crippen LogP contribution in [0.1, 0.15) is 28.9 Å². The summed E-state index contributed by atoms with van der Waals surface area (Å²) in [5, 5.41) is 18.8. The van der Waals surface area contributed by atoms with Crippen molar-refractivity contribution in [2.24, 2.45) is 5.92 Å². The molecule has 0 aliphatic carbocycles. The number of nitrogens with zero attached hydrogens (tertiary/aromatic N) is 2. The maximum Gasteiger partial charge on any atom is 0.317 e. The minimum absolute atomic E-state index is 0.0764. The van der Waals surface area contributed by atoms with Crippen LogP contribution in [-0.4, -0.2) is 45.1 Å². The van der Waals surface area contributed by atoms with E-state index in [1.54, 1.807) is 23.2 Å². The Labute approximate surface area is 139 Å². The van der Waals surface area contributed by atoms with Crippen molar-refractivity contribution < 1.29 is 14.7 Å². The Morgan fingerprint density at radius 1 is 1.21 bits per heavy atom. The number of urea groups is 1. The van der Waals surface area contributed by atoms with Gasteiger partial charge in [0.15, 0.2) is 5.78 Å². The first kappa shape index (κ1) is 16.0. The zero-order valence-electron chi connectivity index (χ0n) is 13.2. The minimum Gasteiger partial charge on any atom is -0.508 e. The van der Waals surface area contributed by atoms with Crippen LogP contribution < -0.4 is 5.32 Å². The predicted octanol–water partition coefficient (Wildman–Crippen LogP) is 1.92. The molecule has 2 aromatic rings. The summed E-state index contributed by atoms with van der Waals surface area (Å²) in [6, 6.07) is 8.00. The van der Waals surface area contributed by atoms with E-state index in [0.717, 1.165) is 5.69 Å². The third kappa shape index (κ3) is 3.73. The molecule has 0 spiro atoms. The Kier molecular flexibility index (Phi) is 4.79. The van der Waals surface area contributed by atoms with E-state index in [0.29, 0.717) is 38.0 Å². The van der Waals surface area contributed by atoms with E-state index in [1.165, 1.54) is 12.1 Å². The SMILES string of the molecule is O=C(c1ccc(O)cc1)C1CCN(C(=O)NCc2ccn[nH]2)CC1. The highest BCUT2D eigenvalue weighted by atomic mass is 16.3. The maximum absolute atomic E-state index is 12.5. The van der Waals surface area contributed by atoms with Gasteiger partial charge in [0.05, 0.1) is 12.2 Å². The van der Waals surface area contributed by atoms with Crippen molar-refractivity contribution in [2.45, 2.75) is 19.4 Å². The van der Waals surface area contributed by atoms with Crippen molar-refractivity contribution in [2.75, 3.05) is 13.1 Å². The van der Waals surface area contributed by atoms with Gasteiger partial charge in [0.25, 0.3) is 0 Å². The van der Waals surface area contributed by atoms with Crippen LogP contribution in [0.25, 0.3) is 0 Å². The number of ketones is 1. The van der Waals surface area contributed by atoms with E-state index in [4.69, 9.17) is 0 Å². The molecule has 24 heavy (non-hydrogen) atoms. The number of piperidine rings is 1. The van der Waals surface area contributed by atoms with Crippen molar-refractivity contribution in [3.63, 3.8) is 0 Å². The number of nitrogens with one attached hydrogen (secondary N) is 2. The summed E-state index contributed by atoms with van der Waals surface area (Å²) in [4.78, 5) is 26.3. The fourth-order valence-corrected chi connectivity index (χ4v) is 2.87. The van der Waals surface area contributed by atoms with Crippen LogP contribution >= 0.6 is 0 Å². The summed E-state index contributed by atoms with van der Waals surface area (Å²) in [6.45, 7) is 1.53. The highest BCUT2D eigenvalue weighted by Gasteiger charge is 2.27. The maximum atomic E-state index is 12.5. The summed E-state index contributed by atoms with van der Waals surface area (Å²) in [7, 11) is 0. The van der Waals surface area contributed by atoms with Crippen molar-refractivity contribution in [3.05, 3.63) is 47.8 Å². The first-order chi connectivity index (χ1) is 11.6. The van der Waals surface area contributed by atoms with E-state index >= 15 is 0 Å². The van der Waals surface area contributed by atoms with Crippen molar-refractivity contribution in [1.82, 2.24) is 20.4 Å². The van der Waals surface area contributed by atoms with Crippen LogP contribution in [0.3, 0.4) is 0 Å². The van der Waals surface area contributed by atoms with Gasteiger partial charge < -0.3 is 15.3 Å². The van der Waals surface area contributed by atoms with Gasteiger partial charge in [0, 0.05) is 30.8 Å². The van der Waals surface area contributed by atoms with Gasteiger partial charge >= 0.3 is 6.03 Å². The number of hydrogen-bond acceptors (Lipinski definition) is 4. The second kappa shape index (κ2) is 7.16. The van der Waals surface area contributed by atoms with Gasteiger partial charge in [-0.15, -0.1) is 0 Å². The van der Waals surface area contributed by atoms with Crippen LogP contribution in [0.5, 0.6) is 5.75 Å². The molecule has 126 valence electrons. The monoisotopic (exact) mass is 328 g/mol. The molecule has 0 unspecified atom stereocenters. The quantitative estimate of drug-likeness (QED) is 0.747. The van der Waals surface area contributed by atoms with Gasteiger partial charge in [-0.3, -0.25) is 9.89 Å². The lowest BCUT2D eigenvalue weighted by molar-refractivity contribution is 0.0854. The molecule has 0 saturated carbocycles. The molecular formula is C17H20N4O3. The number of phenols is 1. The number of hydrogen-bond donors (Lipinski definition) is 3. The number of aromatic nitrogens is 2. The molecular weight excluding hydrogens is 308 g/mol. The van der Waals surface area contributed by atoms with Gasteiger partial charge in [0.1, 0.15) is 5.75 Å². The number of aromatic hydroxyl groups is 1. The summed E-state index contributed by atoms with van der Waals surface area (Å²) in [5.41, 5.74) is 1.45. The van der Waals surface area contributed by atoms with Crippen LogP contribution in [0.4, 0.5) is 4.79 Å². The van der Waals surface area contributed by atoms with Gasteiger partial charge in [0.2, 0.25) is 0 Å². The average Bonchev–Trinajstić information content (AvgIpc) is 3.13. The number of Topliss-reactive ketones (excluding diaryl/α,β-unsaturated/α-hetero) is 1. The molecule has 3 N–H and O–H groups in total. The second-order valence-corrected chi connectivity index (χ2v) is 5.91. The summed E-state index contributed by atoms with van der Waals surface area (Å²) in [6.07, 6.45) is 2.94. The van der Waals surface area contributed by atoms with Crippen LogP contribution in [0.2, 0.25) is 0 Å². The lowest BCUT2D eigenvalue weighted by Crippen LogP contribution is -2.45. The molecule has 7 nitrogen and oxygen atoms in total. The molecule has 1 aromatic carbocycles. The molecule has 0 bridgehead atoms. The Hall–Kier alpha value is -2.83. The Balaban J connectivity index is 1.49. The lowest BCUT2D eigenvalue weighted by Gasteiger charge is -2.31. The summed E-state index contributed by atoms with van der Waals surface area (Å²) in [5.74, 6) is 0.147. The van der Waals surface area contributed by atoms with E-state index in [2.05, 4.69) is 15.5 Å². The van der Waals surface area contributed by atoms with E-state index in [9.17, 15) is 14.7 Å². The zero-order chi connectivity index (χ0) is 16.9. The number of aromatic amines is 1. The van der Waals surface area contributed by atoms with Crippen LogP contribution in [-0.2, 0) is 6.54 Å². The third-order valence-electron chi connectivity index (χ3n) is 4.29. The molecule has 1 aromatic heterocycles. The van der Waals surface area contributed by atoms with E-state index in [-0.39, 0.29) is 23.5 Å². The molecule has 0 radical (unpaired) electrons. The predicted molar refractivity (Wildman–Crippen MR) is 87.6 cm³/mol. The highest BCUT2D eigenvalue weighted by molar-refractivity contribution is 5.98. The molecule has 2 heterocycles. The highest BCUT2D eigenvalue weighted by Crippen LogP contribution is 2.23. The van der Waals surface area contributed by atoms with Crippen molar-refractivity contribution in [3.8, 4) is 5.75 Å². The number of likely N-dealkylation sites (tertiary alicyclic amines) is 1. The Morgan fingerprint density at radius 2 is 1.92 bits per heavy atom. The zero-order valence-corrected chi connectivity index (χ0v) is 13.2. The minimum atomic E-state index is -0.125. The summed E-state index contributed by atoms with van der Waals surface area (Å²) >= 11 is 0. The molecule has 1 saturated heterocycles. The van der Waals surface area contributed by atoms with Gasteiger partial charge in [-0.2, -0.15) is 5.10 Å². The van der Waals surface area contributed by atoms with Gasteiger partial charge in [-0.05, 0) is 43.2 Å². The molecule has 1 aliphatic rings. The van der Waals surface area contributed by atoms with Gasteiger partial charge in [-0.25, -0.2) is 4.79 Å². The molecule has 3 rings (SSSR count). The molecule has 2 amide bonds. The molecule has 0 atom stereocenters. The van der Waals surface area contributed by atoms with Crippen LogP contribution in [0, 0.1) is 5.92 Å². The first-order valence-electron chi connectivity index (χ1n) is 7.98. The van der Waals surface area contributed by atoms with Gasteiger partial charge in [-0.1, -0.05) is 0 Å². The van der Waals surface area contributed by atoms with Crippen molar-refractivity contribution in [1.29, 1.82) is 0 Å². The first-order valence-corrected chi connectivity index (χ1v) is 7.98. The number of amides is 2. The number of benzene rings is 1. The number of H-pyrrole nitrogens is 1. The number of carbonyl (C=O) groups is 2. The van der Waals surface area contributed by atoms with Crippen LogP contribution in [0.15, 0.2) is 36.5 Å². The fourth-order valence-electron chi connectivity index (χ4n) is 2.87. The molecule has 7 heteroatoms. The lowest BCUT2D eigenvalue weighted by atomic mass is 9.89. The number of carbonyl (C=O) groups excluding carboxylic acids is 2. The Morgan fingerprint density at radius 3 is 2.54 bits per heavy atom. The normalized spacial score (nSPS) is 15.2. The third-order valence-corrected chi connectivity index (χ3v) is 4.29. The van der Waals surface area contributed by atoms with E-state index < -0.39 is 0 Å². The smallest absolute Gasteiger partial charge is 0.317 e. The molecule has 1 fully saturated rings. The fraction of sp³-hybridized carbons (Fsp3) is 0.353. The second-order valence-electron chi connectivity index (χ2n) is 5.91. The largest absolute Gasteiger partial charge is 0.508 e. The summed E-state index contributed by atoms with van der Waals surface area (Å²) < 4.78 is 0. The van der Waals surface area contributed by atoms with Crippen molar-refractivity contribution >= 4 is 11.8 Å². The molecule has 1 aliphatic heterocycles. The number of rotatable bonds is 4. The Bertz CT molecular complexity index is 689. The van der Waals surface area contributed by atoms with E-state index in [1.807, 2.05) is 6.07 Å².